The highest BCUT2D eigenvalue weighted by Gasteiger charge is 2.15. The number of aromatic nitrogens is 2. The molecule has 1 aromatic rings. The Labute approximate surface area is 119 Å². The normalized spacial score (nSPS) is 11.4. The van der Waals surface area contributed by atoms with Crippen LogP contribution in [0, 0.1) is 6.92 Å². The number of alkyl halides is 1. The number of hydrogen-bond acceptors (Lipinski definition) is 3. The Balaban J connectivity index is 2.78. The zero-order chi connectivity index (χ0) is 13.5. The highest BCUT2D eigenvalue weighted by molar-refractivity contribution is 6.31. The molecule has 0 spiro atoms. The fourth-order valence-electron chi connectivity index (χ4n) is 1.84. The van der Waals surface area contributed by atoms with E-state index in [4.69, 9.17) is 27.9 Å². The van der Waals surface area contributed by atoms with Crippen LogP contribution in [0.5, 0.6) is 0 Å². The van der Waals surface area contributed by atoms with Crippen molar-refractivity contribution >= 4 is 23.2 Å². The molecule has 0 unspecified atom stereocenters. The Morgan fingerprint density at radius 2 is 2.11 bits per heavy atom. The average Bonchev–Trinajstić information content (AvgIpc) is 2.63. The van der Waals surface area contributed by atoms with E-state index in [0.717, 1.165) is 42.6 Å². The van der Waals surface area contributed by atoms with Crippen LogP contribution in [0.1, 0.15) is 18.3 Å². The van der Waals surface area contributed by atoms with Crippen LogP contribution in [0.3, 0.4) is 0 Å². The number of ether oxygens (including phenoxy) is 1. The van der Waals surface area contributed by atoms with Crippen molar-refractivity contribution in [3.8, 4) is 0 Å². The van der Waals surface area contributed by atoms with Gasteiger partial charge < -0.3 is 4.74 Å². The van der Waals surface area contributed by atoms with Crippen molar-refractivity contribution < 1.29 is 4.74 Å². The van der Waals surface area contributed by atoms with E-state index in [1.54, 1.807) is 7.11 Å². The molecule has 0 radical (unpaired) electrons. The molecule has 0 fully saturated rings. The summed E-state index contributed by atoms with van der Waals surface area (Å²) in [5, 5.41) is 5.17. The van der Waals surface area contributed by atoms with Crippen molar-refractivity contribution in [2.45, 2.75) is 26.9 Å². The van der Waals surface area contributed by atoms with Crippen LogP contribution in [-0.4, -0.2) is 47.4 Å². The summed E-state index contributed by atoms with van der Waals surface area (Å²) >= 11 is 12.1. The van der Waals surface area contributed by atoms with Gasteiger partial charge in [-0.15, -0.1) is 11.6 Å². The molecule has 0 bridgehead atoms. The second kappa shape index (κ2) is 8.00. The Morgan fingerprint density at radius 1 is 1.39 bits per heavy atom. The van der Waals surface area contributed by atoms with E-state index in [1.807, 2.05) is 11.6 Å². The fraction of sp³-hybridized carbons (Fsp3) is 0.750. The third kappa shape index (κ3) is 4.12. The summed E-state index contributed by atoms with van der Waals surface area (Å²) in [4.78, 5) is 2.23. The summed E-state index contributed by atoms with van der Waals surface area (Å²) in [6.07, 6.45) is 0. The number of nitrogens with zero attached hydrogens (tertiary/aromatic N) is 3. The molecule has 0 N–H and O–H groups in total. The van der Waals surface area contributed by atoms with Crippen molar-refractivity contribution in [2.75, 3.05) is 32.7 Å². The second-order valence-corrected chi connectivity index (χ2v) is 4.88. The van der Waals surface area contributed by atoms with Crippen LogP contribution >= 0.6 is 23.2 Å². The van der Waals surface area contributed by atoms with E-state index in [9.17, 15) is 0 Å². The van der Waals surface area contributed by atoms with Gasteiger partial charge >= 0.3 is 0 Å². The fourth-order valence-corrected chi connectivity index (χ4v) is 2.28. The van der Waals surface area contributed by atoms with Gasteiger partial charge in [-0.3, -0.25) is 9.58 Å². The van der Waals surface area contributed by atoms with Crippen LogP contribution in [0.2, 0.25) is 5.02 Å². The van der Waals surface area contributed by atoms with E-state index >= 15 is 0 Å². The summed E-state index contributed by atoms with van der Waals surface area (Å²) in [7, 11) is 1.70. The lowest BCUT2D eigenvalue weighted by Gasteiger charge is -2.21. The monoisotopic (exact) mass is 293 g/mol. The molecule has 0 saturated carbocycles. The first kappa shape index (κ1) is 15.8. The first-order valence-electron chi connectivity index (χ1n) is 6.13. The van der Waals surface area contributed by atoms with Gasteiger partial charge in [0.1, 0.15) is 0 Å². The lowest BCUT2D eigenvalue weighted by Crippen LogP contribution is -2.30. The maximum absolute atomic E-state index is 6.30. The predicted molar refractivity (Wildman–Crippen MR) is 75.5 cm³/mol. The van der Waals surface area contributed by atoms with E-state index in [-0.39, 0.29) is 0 Å². The molecule has 1 aromatic heterocycles. The Morgan fingerprint density at radius 3 is 2.67 bits per heavy atom. The zero-order valence-electron chi connectivity index (χ0n) is 11.2. The molecule has 0 atom stereocenters. The summed E-state index contributed by atoms with van der Waals surface area (Å²) < 4.78 is 7.06. The van der Waals surface area contributed by atoms with Gasteiger partial charge in [-0.25, -0.2) is 0 Å². The lowest BCUT2D eigenvalue weighted by atomic mass is 10.3. The smallest absolute Gasteiger partial charge is 0.0860 e. The number of halogens is 2. The molecule has 18 heavy (non-hydrogen) atoms. The molecule has 0 aliphatic carbocycles. The van der Waals surface area contributed by atoms with E-state index in [0.29, 0.717) is 12.5 Å². The first-order valence-corrected chi connectivity index (χ1v) is 7.04. The highest BCUT2D eigenvalue weighted by Crippen LogP contribution is 2.21. The van der Waals surface area contributed by atoms with Gasteiger partial charge in [0.25, 0.3) is 0 Å². The second-order valence-electron chi connectivity index (χ2n) is 4.12. The first-order chi connectivity index (χ1) is 8.63. The minimum absolute atomic E-state index is 0.598. The molecule has 0 saturated heterocycles. The van der Waals surface area contributed by atoms with E-state index in [2.05, 4.69) is 16.9 Å². The molecule has 1 rings (SSSR count). The van der Waals surface area contributed by atoms with Crippen LogP contribution in [0.15, 0.2) is 0 Å². The minimum Gasteiger partial charge on any atom is -0.383 e. The predicted octanol–water partition coefficient (Wildman–Crippen LogP) is 2.55. The summed E-state index contributed by atoms with van der Waals surface area (Å²) in [6.45, 7) is 7.91. The molecule has 4 nitrogen and oxygen atoms in total. The quantitative estimate of drug-likeness (QED) is 0.690. The largest absolute Gasteiger partial charge is 0.383 e. The zero-order valence-corrected chi connectivity index (χ0v) is 12.8. The van der Waals surface area contributed by atoms with Crippen molar-refractivity contribution in [3.63, 3.8) is 0 Å². The molecule has 0 aliphatic heterocycles. The summed E-state index contributed by atoms with van der Waals surface area (Å²) in [5.41, 5.74) is 1.93. The maximum Gasteiger partial charge on any atom is 0.0860 e. The molecule has 0 amide bonds. The van der Waals surface area contributed by atoms with Crippen molar-refractivity contribution in [2.24, 2.45) is 0 Å². The topological polar surface area (TPSA) is 30.3 Å². The van der Waals surface area contributed by atoms with Crippen LogP contribution in [0.25, 0.3) is 0 Å². The number of rotatable bonds is 8. The van der Waals surface area contributed by atoms with Gasteiger partial charge in [0.2, 0.25) is 0 Å². The molecular formula is C12H21Cl2N3O. The van der Waals surface area contributed by atoms with Gasteiger partial charge in [-0.05, 0) is 13.8 Å². The SMILES string of the molecule is CCn1nc(C)c(Cl)c1CN(CCCl)CCOC. The minimum atomic E-state index is 0.598. The van der Waals surface area contributed by atoms with Crippen LogP contribution < -0.4 is 0 Å². The molecule has 0 aromatic carbocycles. The van der Waals surface area contributed by atoms with Crippen molar-refractivity contribution in [3.05, 3.63) is 16.4 Å². The van der Waals surface area contributed by atoms with E-state index < -0.39 is 0 Å². The molecule has 104 valence electrons. The highest BCUT2D eigenvalue weighted by atomic mass is 35.5. The van der Waals surface area contributed by atoms with Crippen LogP contribution in [-0.2, 0) is 17.8 Å². The lowest BCUT2D eigenvalue weighted by molar-refractivity contribution is 0.146. The Bertz CT molecular complexity index is 368. The molecule has 0 aliphatic rings. The maximum atomic E-state index is 6.30. The summed E-state index contributed by atoms with van der Waals surface area (Å²) in [5.74, 6) is 0.598. The molecular weight excluding hydrogens is 273 g/mol. The van der Waals surface area contributed by atoms with Crippen LogP contribution in [0.4, 0.5) is 0 Å². The average molecular weight is 294 g/mol. The van der Waals surface area contributed by atoms with Crippen molar-refractivity contribution in [1.82, 2.24) is 14.7 Å². The third-order valence-corrected chi connectivity index (χ3v) is 3.50. The van der Waals surface area contributed by atoms with Gasteiger partial charge in [0, 0.05) is 39.2 Å². The van der Waals surface area contributed by atoms with Gasteiger partial charge in [-0.2, -0.15) is 5.10 Å². The summed E-state index contributed by atoms with van der Waals surface area (Å²) in [6, 6.07) is 0. The Hall–Kier alpha value is -0.290. The number of aryl methyl sites for hydroxylation is 2. The van der Waals surface area contributed by atoms with Gasteiger partial charge in [-0.1, -0.05) is 11.6 Å². The third-order valence-electron chi connectivity index (χ3n) is 2.84. The van der Waals surface area contributed by atoms with Crippen molar-refractivity contribution in [1.29, 1.82) is 0 Å². The number of methoxy groups -OCH3 is 1. The standard InChI is InChI=1S/C12H21Cl2N3O/c1-4-17-11(12(14)10(2)15-17)9-16(6-5-13)7-8-18-3/h4-9H2,1-3H3. The molecule has 6 heteroatoms. The Kier molecular flexibility index (Phi) is 7.00. The molecule has 1 heterocycles. The number of hydrogen-bond donors (Lipinski definition) is 0. The van der Waals surface area contributed by atoms with E-state index in [1.165, 1.54) is 0 Å². The van der Waals surface area contributed by atoms with Gasteiger partial charge in [0.05, 0.1) is 23.0 Å². The van der Waals surface area contributed by atoms with Gasteiger partial charge in [0.15, 0.2) is 0 Å².